The molecule has 5 nitrogen and oxygen atoms in total. The maximum Gasteiger partial charge on any atom is 0.327 e. The first-order valence-corrected chi connectivity index (χ1v) is 2.67. The van der Waals surface area contributed by atoms with Crippen LogP contribution in [0.15, 0.2) is 0 Å². The molecule has 0 spiro atoms. The molecule has 0 aromatic heterocycles. The minimum absolute atomic E-state index is 0.203. The normalized spacial score (nSPS) is 8.70. The molecule has 0 aromatic carbocycles. The predicted molar refractivity (Wildman–Crippen MR) is 33.6 cm³/mol. The Morgan fingerprint density at radius 3 is 2.40 bits per heavy atom. The summed E-state index contributed by atoms with van der Waals surface area (Å²) in [5.74, 6) is 4.18. The molecular formula is C5H10N2O3. The number of ether oxygens (including phenoxy) is 1. The Hall–Kier alpha value is -1.10. The third-order valence-corrected chi connectivity index (χ3v) is 0.932. The van der Waals surface area contributed by atoms with E-state index in [9.17, 15) is 9.59 Å². The van der Waals surface area contributed by atoms with Crippen LogP contribution in [0.2, 0.25) is 0 Å². The van der Waals surface area contributed by atoms with E-state index in [0.717, 1.165) is 5.01 Å². The van der Waals surface area contributed by atoms with Crippen LogP contribution in [0.4, 0.5) is 0 Å². The average molecular weight is 146 g/mol. The number of esters is 1. The first-order valence-electron chi connectivity index (χ1n) is 2.67. The summed E-state index contributed by atoms with van der Waals surface area (Å²) in [6.45, 7) is 1.06. The summed E-state index contributed by atoms with van der Waals surface area (Å²) in [5.41, 5.74) is 0. The lowest BCUT2D eigenvalue weighted by Crippen LogP contribution is -2.40. The third kappa shape index (κ3) is 3.03. The van der Waals surface area contributed by atoms with E-state index >= 15 is 0 Å². The second-order valence-electron chi connectivity index (χ2n) is 1.72. The number of hydrogen-bond donors (Lipinski definition) is 1. The van der Waals surface area contributed by atoms with Crippen LogP contribution in [0.25, 0.3) is 0 Å². The first kappa shape index (κ1) is 8.90. The molecule has 0 aliphatic carbocycles. The standard InChI is InChI=1S/C5H10N2O3/c1-4(8)7(6)3-5(9)10-2/h3,6H2,1-2H3. The Morgan fingerprint density at radius 1 is 1.60 bits per heavy atom. The fourth-order valence-electron chi connectivity index (χ4n) is 0.315. The van der Waals surface area contributed by atoms with E-state index in [1.54, 1.807) is 0 Å². The van der Waals surface area contributed by atoms with Gasteiger partial charge in [0.25, 0.3) is 0 Å². The number of hydrogen-bond acceptors (Lipinski definition) is 4. The molecule has 0 saturated carbocycles. The molecule has 0 fully saturated rings. The number of methoxy groups -OCH3 is 1. The number of rotatable bonds is 2. The zero-order chi connectivity index (χ0) is 8.15. The largest absolute Gasteiger partial charge is 0.468 e. The van der Waals surface area contributed by atoms with Gasteiger partial charge in [0.15, 0.2) is 0 Å². The highest BCUT2D eigenvalue weighted by atomic mass is 16.5. The minimum Gasteiger partial charge on any atom is -0.468 e. The van der Waals surface area contributed by atoms with Gasteiger partial charge in [0, 0.05) is 6.92 Å². The van der Waals surface area contributed by atoms with Crippen LogP contribution < -0.4 is 5.84 Å². The van der Waals surface area contributed by atoms with E-state index in [1.165, 1.54) is 14.0 Å². The molecule has 0 radical (unpaired) electrons. The van der Waals surface area contributed by atoms with Gasteiger partial charge in [-0.25, -0.2) is 5.84 Å². The van der Waals surface area contributed by atoms with Gasteiger partial charge in [0.2, 0.25) is 5.91 Å². The topological polar surface area (TPSA) is 72.6 Å². The van der Waals surface area contributed by atoms with Crippen LogP contribution in [-0.2, 0) is 14.3 Å². The summed E-state index contributed by atoms with van der Waals surface area (Å²) >= 11 is 0. The molecule has 1 amide bonds. The summed E-state index contributed by atoms with van der Waals surface area (Å²) < 4.78 is 4.26. The van der Waals surface area contributed by atoms with Gasteiger partial charge in [-0.1, -0.05) is 0 Å². The molecule has 0 heterocycles. The van der Waals surface area contributed by atoms with Crippen LogP contribution in [0.3, 0.4) is 0 Å². The Labute approximate surface area is 58.7 Å². The Morgan fingerprint density at radius 2 is 2.10 bits per heavy atom. The third-order valence-electron chi connectivity index (χ3n) is 0.932. The highest BCUT2D eigenvalue weighted by molar-refractivity contribution is 5.79. The number of amides is 1. The zero-order valence-electron chi connectivity index (χ0n) is 5.96. The lowest BCUT2D eigenvalue weighted by Gasteiger charge is -2.11. The van der Waals surface area contributed by atoms with Crippen molar-refractivity contribution in [3.05, 3.63) is 0 Å². The second-order valence-corrected chi connectivity index (χ2v) is 1.72. The highest BCUT2D eigenvalue weighted by Crippen LogP contribution is 1.80. The molecule has 0 saturated heterocycles. The molecule has 5 heteroatoms. The van der Waals surface area contributed by atoms with Crippen LogP contribution in [0, 0.1) is 0 Å². The maximum atomic E-state index is 10.4. The van der Waals surface area contributed by atoms with Gasteiger partial charge in [-0.3, -0.25) is 14.6 Å². The summed E-state index contributed by atoms with van der Waals surface area (Å²) in [6, 6.07) is 0. The number of nitrogens with zero attached hydrogens (tertiary/aromatic N) is 1. The van der Waals surface area contributed by atoms with Crippen molar-refractivity contribution in [1.82, 2.24) is 5.01 Å². The molecule has 2 N–H and O–H groups in total. The van der Waals surface area contributed by atoms with Crippen molar-refractivity contribution in [2.45, 2.75) is 6.92 Å². The van der Waals surface area contributed by atoms with Crippen LogP contribution in [-0.4, -0.2) is 30.5 Å². The number of carbonyl (C=O) groups is 2. The fraction of sp³-hybridized carbons (Fsp3) is 0.600. The quantitative estimate of drug-likeness (QED) is 0.232. The number of hydrazine groups is 1. The van der Waals surface area contributed by atoms with Crippen molar-refractivity contribution in [3.8, 4) is 0 Å². The van der Waals surface area contributed by atoms with Crippen LogP contribution in [0.1, 0.15) is 6.92 Å². The van der Waals surface area contributed by atoms with E-state index in [1.807, 2.05) is 0 Å². The van der Waals surface area contributed by atoms with Crippen LogP contribution >= 0.6 is 0 Å². The molecule has 0 aromatic rings. The smallest absolute Gasteiger partial charge is 0.327 e. The molecule has 0 aliphatic rings. The van der Waals surface area contributed by atoms with E-state index in [-0.39, 0.29) is 12.5 Å². The molecule has 0 aliphatic heterocycles. The zero-order valence-corrected chi connectivity index (χ0v) is 5.96. The average Bonchev–Trinajstić information content (AvgIpc) is 1.87. The molecule has 0 atom stereocenters. The SMILES string of the molecule is COC(=O)CN(N)C(C)=O. The second kappa shape index (κ2) is 3.84. The van der Waals surface area contributed by atoms with Gasteiger partial charge in [0.1, 0.15) is 6.54 Å². The van der Waals surface area contributed by atoms with Gasteiger partial charge in [-0.05, 0) is 0 Å². The maximum absolute atomic E-state index is 10.4. The molecule has 0 rings (SSSR count). The van der Waals surface area contributed by atoms with Crippen molar-refractivity contribution in [3.63, 3.8) is 0 Å². The predicted octanol–water partition coefficient (Wildman–Crippen LogP) is -1.12. The van der Waals surface area contributed by atoms with Crippen molar-refractivity contribution in [2.24, 2.45) is 5.84 Å². The molecule has 10 heavy (non-hydrogen) atoms. The Kier molecular flexibility index (Phi) is 3.42. The monoisotopic (exact) mass is 146 g/mol. The highest BCUT2D eigenvalue weighted by Gasteiger charge is 2.08. The summed E-state index contributed by atoms with van der Waals surface area (Å²) in [4.78, 5) is 20.8. The Bertz CT molecular complexity index is 146. The van der Waals surface area contributed by atoms with Crippen molar-refractivity contribution < 1.29 is 14.3 Å². The lowest BCUT2D eigenvalue weighted by molar-refractivity contribution is -0.146. The van der Waals surface area contributed by atoms with Crippen LogP contribution in [0.5, 0.6) is 0 Å². The van der Waals surface area contributed by atoms with Gasteiger partial charge in [-0.15, -0.1) is 0 Å². The van der Waals surface area contributed by atoms with Crippen molar-refractivity contribution >= 4 is 11.9 Å². The molecule has 0 unspecified atom stereocenters. The number of carbonyl (C=O) groups excluding carboxylic acids is 2. The summed E-state index contributed by atoms with van der Waals surface area (Å²) in [7, 11) is 1.23. The number of nitrogens with two attached hydrogens (primary N) is 1. The summed E-state index contributed by atoms with van der Waals surface area (Å²) in [6.07, 6.45) is 0. The van der Waals surface area contributed by atoms with E-state index < -0.39 is 5.97 Å². The van der Waals surface area contributed by atoms with Gasteiger partial charge in [-0.2, -0.15) is 0 Å². The molecule has 0 bridgehead atoms. The summed E-state index contributed by atoms with van der Waals surface area (Å²) in [5, 5.41) is 0.784. The van der Waals surface area contributed by atoms with Gasteiger partial charge in [0.05, 0.1) is 7.11 Å². The van der Waals surface area contributed by atoms with Crippen molar-refractivity contribution in [1.29, 1.82) is 0 Å². The van der Waals surface area contributed by atoms with Gasteiger partial charge < -0.3 is 4.74 Å². The van der Waals surface area contributed by atoms with Gasteiger partial charge >= 0.3 is 5.97 Å². The van der Waals surface area contributed by atoms with Crippen molar-refractivity contribution in [2.75, 3.05) is 13.7 Å². The van der Waals surface area contributed by atoms with E-state index in [4.69, 9.17) is 5.84 Å². The Balaban J connectivity index is 3.68. The first-order chi connectivity index (χ1) is 4.57. The molecular weight excluding hydrogens is 136 g/mol. The van der Waals surface area contributed by atoms with E-state index in [0.29, 0.717) is 0 Å². The minimum atomic E-state index is -0.530. The lowest BCUT2D eigenvalue weighted by atomic mass is 10.6. The fourth-order valence-corrected chi connectivity index (χ4v) is 0.315. The van der Waals surface area contributed by atoms with E-state index in [2.05, 4.69) is 4.74 Å². The molecule has 58 valence electrons.